The molecule has 1 aromatic rings. The standard InChI is InChI=1S/C14H11Cl2N3O4/c15-6-1-7(16)3-8(2-6)19-12(20)11-10-4-9(18(11)13(19)21)5-17(10)14(22)23/h1-3,9-11H,4-5H2,(H,22,23)/t9-,10-,11-/m0/s1. The van der Waals surface area contributed by atoms with Crippen molar-refractivity contribution >= 4 is 46.9 Å². The minimum atomic E-state index is -1.07. The smallest absolute Gasteiger partial charge is 0.407 e. The van der Waals surface area contributed by atoms with Gasteiger partial charge in [0.2, 0.25) is 0 Å². The molecular formula is C14H11Cl2N3O4. The number of nitrogens with zero attached hydrogens (tertiary/aromatic N) is 3. The second-order valence-corrected chi connectivity index (χ2v) is 6.70. The van der Waals surface area contributed by atoms with E-state index in [0.717, 1.165) is 4.90 Å². The van der Waals surface area contributed by atoms with Crippen molar-refractivity contribution in [3.63, 3.8) is 0 Å². The summed E-state index contributed by atoms with van der Waals surface area (Å²) in [4.78, 5) is 40.4. The Morgan fingerprint density at radius 1 is 1.17 bits per heavy atom. The van der Waals surface area contributed by atoms with Crippen LogP contribution < -0.4 is 4.90 Å². The average Bonchev–Trinajstić information content (AvgIpc) is 3.09. The highest BCUT2D eigenvalue weighted by Crippen LogP contribution is 2.42. The number of urea groups is 1. The molecule has 3 aliphatic heterocycles. The van der Waals surface area contributed by atoms with Gasteiger partial charge in [-0.1, -0.05) is 23.2 Å². The first-order valence-corrected chi connectivity index (χ1v) is 7.76. The molecule has 0 spiro atoms. The molecule has 23 heavy (non-hydrogen) atoms. The molecule has 0 unspecified atom stereocenters. The minimum absolute atomic E-state index is 0.236. The summed E-state index contributed by atoms with van der Waals surface area (Å²) >= 11 is 11.9. The second-order valence-electron chi connectivity index (χ2n) is 5.83. The van der Waals surface area contributed by atoms with Crippen molar-refractivity contribution in [2.45, 2.75) is 24.5 Å². The quantitative estimate of drug-likeness (QED) is 0.783. The van der Waals surface area contributed by atoms with Gasteiger partial charge in [0.25, 0.3) is 5.91 Å². The highest BCUT2D eigenvalue weighted by atomic mass is 35.5. The predicted octanol–water partition coefficient (Wildman–Crippen LogP) is 2.27. The monoisotopic (exact) mass is 355 g/mol. The average molecular weight is 356 g/mol. The topological polar surface area (TPSA) is 81.2 Å². The molecule has 7 nitrogen and oxygen atoms in total. The Bertz CT molecular complexity index is 735. The van der Waals surface area contributed by atoms with Crippen LogP contribution in [0.4, 0.5) is 15.3 Å². The number of hydrogen-bond donors (Lipinski definition) is 1. The second kappa shape index (κ2) is 4.75. The Hall–Kier alpha value is -1.99. The largest absolute Gasteiger partial charge is 0.465 e. The van der Waals surface area contributed by atoms with Crippen LogP contribution in [0.1, 0.15) is 6.42 Å². The maximum Gasteiger partial charge on any atom is 0.407 e. The van der Waals surface area contributed by atoms with Crippen molar-refractivity contribution in [1.82, 2.24) is 9.80 Å². The third-order valence-corrected chi connectivity index (χ3v) is 5.05. The van der Waals surface area contributed by atoms with Gasteiger partial charge in [-0.15, -0.1) is 0 Å². The first-order valence-electron chi connectivity index (χ1n) is 7.00. The van der Waals surface area contributed by atoms with E-state index in [4.69, 9.17) is 23.2 Å². The molecule has 0 aromatic heterocycles. The molecule has 3 heterocycles. The summed E-state index contributed by atoms with van der Waals surface area (Å²) in [6.45, 7) is 0.236. The van der Waals surface area contributed by atoms with Crippen LogP contribution in [0.5, 0.6) is 0 Å². The zero-order valence-corrected chi connectivity index (χ0v) is 13.2. The van der Waals surface area contributed by atoms with Gasteiger partial charge in [0.05, 0.1) is 17.8 Å². The molecular weight excluding hydrogens is 345 g/mol. The van der Waals surface area contributed by atoms with Crippen molar-refractivity contribution in [2.75, 3.05) is 11.4 Å². The zero-order valence-electron chi connectivity index (χ0n) is 11.6. The lowest BCUT2D eigenvalue weighted by molar-refractivity contribution is -0.121. The fourth-order valence-electron chi connectivity index (χ4n) is 3.78. The molecule has 4 amide bonds. The van der Waals surface area contributed by atoms with Gasteiger partial charge in [-0.25, -0.2) is 14.5 Å². The number of likely N-dealkylation sites (tertiary alicyclic amines) is 1. The molecule has 0 radical (unpaired) electrons. The molecule has 4 rings (SSSR count). The number of carbonyl (C=O) groups is 3. The first-order chi connectivity index (χ1) is 10.9. The summed E-state index contributed by atoms with van der Waals surface area (Å²) in [5, 5.41) is 9.86. The first kappa shape index (κ1) is 14.6. The van der Waals surface area contributed by atoms with Crippen LogP contribution in [0.2, 0.25) is 10.0 Å². The normalized spacial score (nSPS) is 28.8. The molecule has 0 aliphatic carbocycles. The van der Waals surface area contributed by atoms with Gasteiger partial charge < -0.3 is 14.9 Å². The Morgan fingerprint density at radius 3 is 2.43 bits per heavy atom. The summed E-state index contributed by atoms with van der Waals surface area (Å²) in [5.74, 6) is -0.438. The number of rotatable bonds is 1. The molecule has 1 aromatic carbocycles. The molecule has 9 heteroatoms. The van der Waals surface area contributed by atoms with Crippen LogP contribution in [0.25, 0.3) is 0 Å². The maximum absolute atomic E-state index is 12.7. The van der Waals surface area contributed by atoms with Gasteiger partial charge in [0, 0.05) is 16.6 Å². The number of carboxylic acid groups (broad SMARTS) is 1. The van der Waals surface area contributed by atoms with Crippen LogP contribution in [0.3, 0.4) is 0 Å². The van der Waals surface area contributed by atoms with Crippen molar-refractivity contribution < 1.29 is 19.5 Å². The third-order valence-electron chi connectivity index (χ3n) is 4.62. The number of halogens is 2. The Balaban J connectivity index is 1.72. The van der Waals surface area contributed by atoms with Crippen LogP contribution in [0, 0.1) is 0 Å². The van der Waals surface area contributed by atoms with Gasteiger partial charge in [-0.2, -0.15) is 0 Å². The fourth-order valence-corrected chi connectivity index (χ4v) is 4.30. The number of imide groups is 1. The lowest BCUT2D eigenvalue weighted by Crippen LogP contribution is -2.54. The predicted molar refractivity (Wildman–Crippen MR) is 81.9 cm³/mol. The van der Waals surface area contributed by atoms with E-state index in [0.29, 0.717) is 22.2 Å². The number of carbonyl (C=O) groups excluding carboxylic acids is 2. The van der Waals surface area contributed by atoms with E-state index < -0.39 is 30.1 Å². The van der Waals surface area contributed by atoms with E-state index in [1.165, 1.54) is 28.0 Å². The molecule has 3 saturated heterocycles. The van der Waals surface area contributed by atoms with E-state index in [1.807, 2.05) is 0 Å². The van der Waals surface area contributed by atoms with Crippen molar-refractivity contribution in [2.24, 2.45) is 0 Å². The number of benzene rings is 1. The summed E-state index contributed by atoms with van der Waals surface area (Å²) in [6.07, 6.45) is -0.569. The summed E-state index contributed by atoms with van der Waals surface area (Å²) < 4.78 is 0. The van der Waals surface area contributed by atoms with E-state index in [1.54, 1.807) is 0 Å². The number of hydrogen-bond acceptors (Lipinski definition) is 3. The zero-order chi connectivity index (χ0) is 16.5. The number of piperazine rings is 1. The third kappa shape index (κ3) is 1.93. The van der Waals surface area contributed by atoms with Gasteiger partial charge >= 0.3 is 12.1 Å². The minimum Gasteiger partial charge on any atom is -0.465 e. The molecule has 3 aliphatic rings. The Kier molecular flexibility index (Phi) is 3.01. The Morgan fingerprint density at radius 2 is 1.83 bits per heavy atom. The summed E-state index contributed by atoms with van der Waals surface area (Å²) in [5.41, 5.74) is 0.299. The summed E-state index contributed by atoms with van der Waals surface area (Å²) in [7, 11) is 0. The van der Waals surface area contributed by atoms with Crippen molar-refractivity contribution in [3.8, 4) is 0 Å². The highest BCUT2D eigenvalue weighted by Gasteiger charge is 2.63. The molecule has 120 valence electrons. The SMILES string of the molecule is O=C1[C@@H]2[C@@H]3C[C@@H](CN3C(=O)O)N2C(=O)N1c1cc(Cl)cc(Cl)c1. The maximum atomic E-state index is 12.7. The molecule has 3 fully saturated rings. The van der Waals surface area contributed by atoms with Crippen molar-refractivity contribution in [3.05, 3.63) is 28.2 Å². The number of amides is 4. The number of anilines is 1. The van der Waals surface area contributed by atoms with E-state index in [-0.39, 0.29) is 12.6 Å². The van der Waals surface area contributed by atoms with Crippen LogP contribution in [0.15, 0.2) is 18.2 Å². The van der Waals surface area contributed by atoms with Gasteiger partial charge in [-0.3, -0.25) is 4.79 Å². The summed E-state index contributed by atoms with van der Waals surface area (Å²) in [6, 6.07) is 2.51. The molecule has 3 atom stereocenters. The molecule has 1 N–H and O–H groups in total. The van der Waals surface area contributed by atoms with E-state index >= 15 is 0 Å². The van der Waals surface area contributed by atoms with Gasteiger partial charge in [0.1, 0.15) is 6.04 Å². The number of fused-ring (bicyclic) bond motifs is 5. The van der Waals surface area contributed by atoms with Gasteiger partial charge in [0.15, 0.2) is 0 Å². The van der Waals surface area contributed by atoms with E-state index in [2.05, 4.69) is 0 Å². The fraction of sp³-hybridized carbons (Fsp3) is 0.357. The molecule has 0 saturated carbocycles. The van der Waals surface area contributed by atoms with Crippen LogP contribution in [-0.2, 0) is 4.79 Å². The van der Waals surface area contributed by atoms with E-state index in [9.17, 15) is 19.5 Å². The lowest BCUT2D eigenvalue weighted by Gasteiger charge is -2.32. The lowest BCUT2D eigenvalue weighted by atomic mass is 10.1. The van der Waals surface area contributed by atoms with Crippen LogP contribution in [-0.4, -0.2) is 57.6 Å². The van der Waals surface area contributed by atoms with Gasteiger partial charge in [-0.05, 0) is 24.6 Å². The molecule has 2 bridgehead atoms. The highest BCUT2D eigenvalue weighted by molar-refractivity contribution is 6.35. The van der Waals surface area contributed by atoms with Crippen molar-refractivity contribution in [1.29, 1.82) is 0 Å². The van der Waals surface area contributed by atoms with Crippen LogP contribution >= 0.6 is 23.2 Å². The Labute approximate surface area is 140 Å².